The highest BCUT2D eigenvalue weighted by Crippen LogP contribution is 2.29. The minimum absolute atomic E-state index is 0. The van der Waals surface area contributed by atoms with Gasteiger partial charge in [-0.3, -0.25) is 4.79 Å². The maximum atomic E-state index is 12.6. The molecule has 0 aromatic heterocycles. The Morgan fingerprint density at radius 1 is 1.20 bits per heavy atom. The Labute approximate surface area is 152 Å². The molecule has 0 aliphatic carbocycles. The van der Waals surface area contributed by atoms with Gasteiger partial charge in [-0.25, -0.2) is 0 Å². The Balaban J connectivity index is 0.00000225. The number of nitrogens with one attached hydrogen (secondary N) is 2. The van der Waals surface area contributed by atoms with E-state index in [4.69, 9.17) is 0 Å². The van der Waals surface area contributed by atoms with Crippen LogP contribution in [-0.2, 0) is 17.4 Å². The summed E-state index contributed by atoms with van der Waals surface area (Å²) < 4.78 is 37.7. The quantitative estimate of drug-likeness (QED) is 0.841. The first kappa shape index (κ1) is 20.0. The van der Waals surface area contributed by atoms with Crippen molar-refractivity contribution in [3.05, 3.63) is 35.4 Å². The van der Waals surface area contributed by atoms with Gasteiger partial charge in [-0.1, -0.05) is 19.1 Å². The molecule has 3 unspecified atom stereocenters. The van der Waals surface area contributed by atoms with Crippen molar-refractivity contribution in [2.45, 2.75) is 63.3 Å². The van der Waals surface area contributed by atoms with Crippen LogP contribution in [-0.4, -0.2) is 24.0 Å². The zero-order valence-electron chi connectivity index (χ0n) is 14.1. The number of alkyl halides is 3. The highest BCUT2D eigenvalue weighted by atomic mass is 35.5. The molecular formula is C18H24ClF3N2O. The zero-order chi connectivity index (χ0) is 17.3. The monoisotopic (exact) mass is 376 g/mol. The van der Waals surface area contributed by atoms with Crippen LogP contribution in [0.5, 0.6) is 0 Å². The molecule has 0 saturated carbocycles. The molecule has 0 spiro atoms. The highest BCUT2D eigenvalue weighted by Gasteiger charge is 2.34. The molecule has 2 bridgehead atoms. The normalized spacial score (nSPS) is 26.6. The molecule has 7 heteroatoms. The standard InChI is InChI=1S/C18H23F3N2O.ClH/c1-11(8-12-2-4-13(5-3-12)18(19,20)21)17(24)23-16-9-14-6-7-15(10-16)22-14;/h2-5,11,14-16,22H,6-10H2,1H3,(H,23,24);1H. The van der Waals surface area contributed by atoms with Crippen LogP contribution in [0.4, 0.5) is 13.2 Å². The van der Waals surface area contributed by atoms with E-state index in [1.54, 1.807) is 0 Å². The van der Waals surface area contributed by atoms with Crippen LogP contribution < -0.4 is 10.6 Å². The Hall–Kier alpha value is -1.27. The number of hydrogen-bond acceptors (Lipinski definition) is 2. The minimum Gasteiger partial charge on any atom is -0.353 e. The van der Waals surface area contributed by atoms with Crippen molar-refractivity contribution in [1.82, 2.24) is 10.6 Å². The smallest absolute Gasteiger partial charge is 0.353 e. The predicted molar refractivity (Wildman–Crippen MR) is 92.7 cm³/mol. The summed E-state index contributed by atoms with van der Waals surface area (Å²) in [6, 6.07) is 6.30. The lowest BCUT2D eigenvalue weighted by Gasteiger charge is -2.30. The van der Waals surface area contributed by atoms with E-state index in [2.05, 4.69) is 10.6 Å². The van der Waals surface area contributed by atoms with Crippen LogP contribution in [0.15, 0.2) is 24.3 Å². The van der Waals surface area contributed by atoms with Crippen LogP contribution >= 0.6 is 12.4 Å². The largest absolute Gasteiger partial charge is 0.416 e. The average molecular weight is 377 g/mol. The number of benzene rings is 1. The first-order valence-corrected chi connectivity index (χ1v) is 8.54. The molecule has 1 amide bonds. The summed E-state index contributed by atoms with van der Waals surface area (Å²) in [7, 11) is 0. The van der Waals surface area contributed by atoms with Crippen molar-refractivity contribution in [2.24, 2.45) is 5.92 Å². The van der Waals surface area contributed by atoms with Crippen LogP contribution in [0.3, 0.4) is 0 Å². The van der Waals surface area contributed by atoms with Gasteiger partial charge in [0.1, 0.15) is 0 Å². The van der Waals surface area contributed by atoms with Crippen molar-refractivity contribution in [1.29, 1.82) is 0 Å². The van der Waals surface area contributed by atoms with Crippen LogP contribution in [0.25, 0.3) is 0 Å². The van der Waals surface area contributed by atoms with E-state index < -0.39 is 11.7 Å². The molecule has 2 heterocycles. The third-order valence-electron chi connectivity index (χ3n) is 5.09. The molecular weight excluding hydrogens is 353 g/mol. The molecule has 0 radical (unpaired) electrons. The van der Waals surface area contributed by atoms with Crippen molar-refractivity contribution < 1.29 is 18.0 Å². The van der Waals surface area contributed by atoms with E-state index in [0.29, 0.717) is 18.5 Å². The van der Waals surface area contributed by atoms with Gasteiger partial charge in [0.2, 0.25) is 5.91 Å². The Kier molecular flexibility index (Phi) is 6.38. The Morgan fingerprint density at radius 2 is 1.76 bits per heavy atom. The van der Waals surface area contributed by atoms with Gasteiger partial charge < -0.3 is 10.6 Å². The lowest BCUT2D eigenvalue weighted by molar-refractivity contribution is -0.137. The fraction of sp³-hybridized carbons (Fsp3) is 0.611. The van der Waals surface area contributed by atoms with E-state index >= 15 is 0 Å². The van der Waals surface area contributed by atoms with E-state index in [0.717, 1.165) is 30.5 Å². The highest BCUT2D eigenvalue weighted by molar-refractivity contribution is 5.85. The van der Waals surface area contributed by atoms with Crippen LogP contribution in [0.1, 0.15) is 43.7 Å². The Bertz CT molecular complexity index is 579. The molecule has 2 aliphatic rings. The summed E-state index contributed by atoms with van der Waals surface area (Å²) in [4.78, 5) is 12.4. The second kappa shape index (κ2) is 7.96. The van der Waals surface area contributed by atoms with Crippen molar-refractivity contribution in [2.75, 3.05) is 0 Å². The zero-order valence-corrected chi connectivity index (χ0v) is 14.9. The van der Waals surface area contributed by atoms with Gasteiger partial charge in [0.25, 0.3) is 0 Å². The number of carbonyl (C=O) groups is 1. The molecule has 25 heavy (non-hydrogen) atoms. The molecule has 1 aromatic rings. The number of fused-ring (bicyclic) bond motifs is 2. The molecule has 3 nitrogen and oxygen atoms in total. The SMILES string of the molecule is CC(Cc1ccc(C(F)(F)F)cc1)C(=O)NC1CC2CCC(C1)N2.Cl. The van der Waals surface area contributed by atoms with Gasteiger partial charge in [0, 0.05) is 24.0 Å². The average Bonchev–Trinajstić information content (AvgIpc) is 2.85. The summed E-state index contributed by atoms with van der Waals surface area (Å²) in [6.45, 7) is 1.82. The molecule has 140 valence electrons. The fourth-order valence-electron chi connectivity index (χ4n) is 3.79. The Morgan fingerprint density at radius 3 is 2.28 bits per heavy atom. The topological polar surface area (TPSA) is 41.1 Å². The maximum Gasteiger partial charge on any atom is 0.416 e. The number of piperidine rings is 1. The molecule has 3 atom stereocenters. The maximum absolute atomic E-state index is 12.6. The number of carbonyl (C=O) groups excluding carboxylic acids is 1. The summed E-state index contributed by atoms with van der Waals surface area (Å²) in [5.74, 6) is -0.268. The van der Waals surface area contributed by atoms with Crippen LogP contribution in [0.2, 0.25) is 0 Å². The molecule has 1 aromatic carbocycles. The third kappa shape index (κ3) is 5.11. The van der Waals surface area contributed by atoms with E-state index in [1.807, 2.05) is 6.92 Å². The molecule has 2 fully saturated rings. The molecule has 2 N–H and O–H groups in total. The van der Waals surface area contributed by atoms with Gasteiger partial charge in [-0.15, -0.1) is 12.4 Å². The van der Waals surface area contributed by atoms with Gasteiger partial charge in [-0.2, -0.15) is 13.2 Å². The molecule has 2 aliphatic heterocycles. The first-order chi connectivity index (χ1) is 11.3. The number of rotatable bonds is 4. The van der Waals surface area contributed by atoms with Crippen molar-refractivity contribution >= 4 is 18.3 Å². The van der Waals surface area contributed by atoms with Gasteiger partial charge in [0.05, 0.1) is 5.56 Å². The van der Waals surface area contributed by atoms with E-state index in [1.165, 1.54) is 25.0 Å². The minimum atomic E-state index is -4.32. The number of hydrogen-bond donors (Lipinski definition) is 2. The second-order valence-electron chi connectivity index (χ2n) is 7.11. The second-order valence-corrected chi connectivity index (χ2v) is 7.11. The number of amides is 1. The van der Waals surface area contributed by atoms with E-state index in [9.17, 15) is 18.0 Å². The van der Waals surface area contributed by atoms with Gasteiger partial charge >= 0.3 is 6.18 Å². The van der Waals surface area contributed by atoms with Crippen molar-refractivity contribution in [3.63, 3.8) is 0 Å². The van der Waals surface area contributed by atoms with Gasteiger partial charge in [0.15, 0.2) is 0 Å². The lowest BCUT2D eigenvalue weighted by atomic mass is 9.96. The van der Waals surface area contributed by atoms with E-state index in [-0.39, 0.29) is 30.3 Å². The molecule has 2 saturated heterocycles. The van der Waals surface area contributed by atoms with Crippen LogP contribution in [0, 0.1) is 5.92 Å². The molecule has 3 rings (SSSR count). The number of halogens is 4. The van der Waals surface area contributed by atoms with Gasteiger partial charge in [-0.05, 0) is 49.8 Å². The lowest BCUT2D eigenvalue weighted by Crippen LogP contribution is -2.49. The van der Waals surface area contributed by atoms with Crippen molar-refractivity contribution in [3.8, 4) is 0 Å². The summed E-state index contributed by atoms with van der Waals surface area (Å²) in [5.41, 5.74) is 0.0876. The summed E-state index contributed by atoms with van der Waals surface area (Å²) in [5, 5.41) is 6.65. The first-order valence-electron chi connectivity index (χ1n) is 8.54. The summed E-state index contributed by atoms with van der Waals surface area (Å²) >= 11 is 0. The summed E-state index contributed by atoms with van der Waals surface area (Å²) in [6.07, 6.45) is 0.415. The predicted octanol–water partition coefficient (Wildman–Crippen LogP) is 3.71. The third-order valence-corrected chi connectivity index (χ3v) is 5.09. The fourth-order valence-corrected chi connectivity index (χ4v) is 3.79.